The van der Waals surface area contributed by atoms with Crippen LogP contribution in [0.15, 0.2) is 60.1 Å². The van der Waals surface area contributed by atoms with Gasteiger partial charge in [-0.25, -0.2) is 9.37 Å². The maximum Gasteiger partial charge on any atom is 0.211 e. The maximum atomic E-state index is 12.3. The number of fused-ring (bicyclic) bond motifs is 1. The second-order valence-corrected chi connectivity index (χ2v) is 7.16. The van der Waals surface area contributed by atoms with Gasteiger partial charge in [0.25, 0.3) is 0 Å². The van der Waals surface area contributed by atoms with Crippen LogP contribution in [0.5, 0.6) is 0 Å². The van der Waals surface area contributed by atoms with Gasteiger partial charge >= 0.3 is 0 Å². The summed E-state index contributed by atoms with van der Waals surface area (Å²) in [6, 6.07) is 14.0. The summed E-state index contributed by atoms with van der Waals surface area (Å²) in [6.07, 6.45) is 2.47. The molecule has 4 rings (SSSR count). The highest BCUT2D eigenvalue weighted by molar-refractivity contribution is 7.18. The number of amides is 1. The summed E-state index contributed by atoms with van der Waals surface area (Å²) in [4.78, 5) is 14.6. The first-order valence-corrected chi connectivity index (χ1v) is 10.8. The van der Waals surface area contributed by atoms with Crippen molar-refractivity contribution in [3.05, 3.63) is 71.5 Å². The Morgan fingerprint density at radius 1 is 1.10 bits per heavy atom. The summed E-state index contributed by atoms with van der Waals surface area (Å²) in [7, 11) is 1.76. The van der Waals surface area contributed by atoms with Gasteiger partial charge in [0.05, 0.1) is 0 Å². The summed E-state index contributed by atoms with van der Waals surface area (Å²) in [5.74, 6) is 0.346. The van der Waals surface area contributed by atoms with Crippen molar-refractivity contribution in [1.29, 1.82) is 0 Å². The quantitative estimate of drug-likeness (QED) is 0.326. The first-order chi connectivity index (χ1) is 15.0. The van der Waals surface area contributed by atoms with E-state index in [0.717, 1.165) is 33.5 Å². The SMILES string of the molecule is CC.CNc1cccc(F)c1.Cc1cnc(N)c2c(-c3ccc(NC=O)cc3)csc12. The van der Waals surface area contributed by atoms with Crippen LogP contribution < -0.4 is 16.4 Å². The van der Waals surface area contributed by atoms with Gasteiger partial charge in [-0.15, -0.1) is 11.3 Å². The number of halogens is 1. The van der Waals surface area contributed by atoms with Gasteiger partial charge in [0, 0.05) is 40.3 Å². The van der Waals surface area contributed by atoms with Gasteiger partial charge < -0.3 is 16.4 Å². The molecule has 4 N–H and O–H groups in total. The first-order valence-electron chi connectivity index (χ1n) is 9.89. The molecule has 0 aliphatic heterocycles. The van der Waals surface area contributed by atoms with E-state index in [1.54, 1.807) is 30.6 Å². The molecular formula is C24H27FN4OS. The topological polar surface area (TPSA) is 80.0 Å². The van der Waals surface area contributed by atoms with E-state index in [9.17, 15) is 9.18 Å². The standard InChI is InChI=1S/C15H13N3OS.C7H8FN.C2H6/c1-9-6-17-15(16)13-12(7-20-14(9)13)10-2-4-11(5-3-10)18-8-19;1-9-7-4-2-3-6(8)5-7;1-2/h2-8H,1H3,(H2,16,17)(H,18,19);2-5,9H,1H3;1-2H3. The van der Waals surface area contributed by atoms with E-state index >= 15 is 0 Å². The maximum absolute atomic E-state index is 12.3. The molecule has 2 aromatic carbocycles. The summed E-state index contributed by atoms with van der Waals surface area (Å²) in [6.45, 7) is 6.03. The highest BCUT2D eigenvalue weighted by Gasteiger charge is 2.12. The van der Waals surface area contributed by atoms with Gasteiger partial charge in [0.2, 0.25) is 6.41 Å². The molecule has 0 radical (unpaired) electrons. The molecule has 0 saturated heterocycles. The number of aryl methyl sites for hydroxylation is 1. The highest BCUT2D eigenvalue weighted by Crippen LogP contribution is 2.38. The predicted molar refractivity (Wildman–Crippen MR) is 131 cm³/mol. The molecule has 5 nitrogen and oxygen atoms in total. The lowest BCUT2D eigenvalue weighted by Gasteiger charge is -2.05. The number of nitrogens with one attached hydrogen (secondary N) is 2. The zero-order chi connectivity index (χ0) is 22.8. The van der Waals surface area contributed by atoms with Crippen LogP contribution in [0.25, 0.3) is 21.2 Å². The number of rotatable bonds is 4. The molecule has 0 spiro atoms. The van der Waals surface area contributed by atoms with Crippen LogP contribution in [0.3, 0.4) is 0 Å². The predicted octanol–water partition coefficient (Wildman–Crippen LogP) is 6.32. The Hall–Kier alpha value is -3.45. The second-order valence-electron chi connectivity index (χ2n) is 6.28. The van der Waals surface area contributed by atoms with Gasteiger partial charge in [-0.05, 0) is 53.8 Å². The number of nitrogens with two attached hydrogens (primary N) is 1. The Labute approximate surface area is 186 Å². The number of nitrogens with zero attached hydrogens (tertiary/aromatic N) is 1. The number of aromatic nitrogens is 1. The number of benzene rings is 2. The zero-order valence-electron chi connectivity index (χ0n) is 18.1. The number of carbonyl (C=O) groups is 1. The monoisotopic (exact) mass is 438 g/mol. The second kappa shape index (κ2) is 11.7. The number of anilines is 3. The minimum absolute atomic E-state index is 0.207. The van der Waals surface area contributed by atoms with Crippen LogP contribution in [0.1, 0.15) is 19.4 Å². The third-order valence-corrected chi connectivity index (χ3v) is 5.45. The Balaban J connectivity index is 0.000000261. The van der Waals surface area contributed by atoms with Crippen molar-refractivity contribution in [1.82, 2.24) is 4.98 Å². The molecule has 4 aromatic rings. The molecule has 0 atom stereocenters. The summed E-state index contributed by atoms with van der Waals surface area (Å²) in [5.41, 5.74) is 10.9. The molecule has 2 heterocycles. The van der Waals surface area contributed by atoms with E-state index in [4.69, 9.17) is 5.73 Å². The Morgan fingerprint density at radius 2 is 1.81 bits per heavy atom. The molecule has 0 bridgehead atoms. The summed E-state index contributed by atoms with van der Waals surface area (Å²) in [5, 5.41) is 8.55. The number of carbonyl (C=O) groups excluding carboxylic acids is 1. The van der Waals surface area contributed by atoms with E-state index in [1.807, 2.05) is 51.1 Å². The van der Waals surface area contributed by atoms with Crippen molar-refractivity contribution in [3.63, 3.8) is 0 Å². The number of thiophene rings is 1. The van der Waals surface area contributed by atoms with Gasteiger partial charge in [0.15, 0.2) is 0 Å². The lowest BCUT2D eigenvalue weighted by Crippen LogP contribution is -1.93. The molecule has 2 aromatic heterocycles. The average molecular weight is 439 g/mol. The Morgan fingerprint density at radius 3 is 2.39 bits per heavy atom. The minimum atomic E-state index is -0.207. The Kier molecular flexibility index (Phi) is 8.96. The fraction of sp³-hybridized carbons (Fsp3) is 0.167. The molecule has 1 amide bonds. The van der Waals surface area contributed by atoms with Crippen molar-refractivity contribution in [3.8, 4) is 11.1 Å². The molecular weight excluding hydrogens is 411 g/mol. The number of hydrogen-bond acceptors (Lipinski definition) is 5. The van der Waals surface area contributed by atoms with Crippen molar-refractivity contribution in [2.24, 2.45) is 0 Å². The van der Waals surface area contributed by atoms with Crippen LogP contribution in [-0.4, -0.2) is 18.4 Å². The lowest BCUT2D eigenvalue weighted by atomic mass is 10.0. The van der Waals surface area contributed by atoms with Crippen molar-refractivity contribution >= 4 is 45.0 Å². The smallest absolute Gasteiger partial charge is 0.211 e. The molecule has 162 valence electrons. The minimum Gasteiger partial charge on any atom is -0.388 e. The van der Waals surface area contributed by atoms with Crippen molar-refractivity contribution in [2.75, 3.05) is 23.4 Å². The molecule has 7 heteroatoms. The van der Waals surface area contributed by atoms with Crippen LogP contribution in [-0.2, 0) is 4.79 Å². The van der Waals surface area contributed by atoms with Crippen LogP contribution >= 0.6 is 11.3 Å². The van der Waals surface area contributed by atoms with Crippen LogP contribution in [0, 0.1) is 12.7 Å². The average Bonchev–Trinajstić information content (AvgIpc) is 3.25. The van der Waals surface area contributed by atoms with Crippen LogP contribution in [0.4, 0.5) is 21.6 Å². The zero-order valence-corrected chi connectivity index (χ0v) is 18.9. The van der Waals surface area contributed by atoms with E-state index < -0.39 is 0 Å². The molecule has 31 heavy (non-hydrogen) atoms. The first kappa shape index (κ1) is 23.8. The molecule has 0 fully saturated rings. The van der Waals surface area contributed by atoms with Gasteiger partial charge in [-0.2, -0.15) is 0 Å². The van der Waals surface area contributed by atoms with E-state index in [0.29, 0.717) is 12.2 Å². The number of hydrogen-bond donors (Lipinski definition) is 3. The van der Waals surface area contributed by atoms with Gasteiger partial charge in [-0.1, -0.05) is 32.0 Å². The summed E-state index contributed by atoms with van der Waals surface area (Å²) >= 11 is 1.67. The third kappa shape index (κ3) is 6.02. The lowest BCUT2D eigenvalue weighted by molar-refractivity contribution is -0.105. The molecule has 0 aliphatic rings. The molecule has 0 aliphatic carbocycles. The van der Waals surface area contributed by atoms with Gasteiger partial charge in [-0.3, -0.25) is 4.79 Å². The normalized spacial score (nSPS) is 9.71. The third-order valence-electron chi connectivity index (χ3n) is 4.34. The summed E-state index contributed by atoms with van der Waals surface area (Å²) < 4.78 is 13.5. The number of pyridine rings is 1. The fourth-order valence-electron chi connectivity index (χ4n) is 2.86. The van der Waals surface area contributed by atoms with E-state index in [-0.39, 0.29) is 5.82 Å². The largest absolute Gasteiger partial charge is 0.388 e. The van der Waals surface area contributed by atoms with Crippen molar-refractivity contribution in [2.45, 2.75) is 20.8 Å². The molecule has 0 saturated carbocycles. The molecule has 0 unspecified atom stereocenters. The highest BCUT2D eigenvalue weighted by atomic mass is 32.1. The fourth-order valence-corrected chi connectivity index (χ4v) is 3.92. The van der Waals surface area contributed by atoms with Gasteiger partial charge in [0.1, 0.15) is 11.6 Å². The van der Waals surface area contributed by atoms with Crippen LogP contribution in [0.2, 0.25) is 0 Å². The van der Waals surface area contributed by atoms with Crippen molar-refractivity contribution < 1.29 is 9.18 Å². The Bertz CT molecular complexity index is 1130. The van der Waals surface area contributed by atoms with E-state index in [1.165, 1.54) is 16.8 Å². The van der Waals surface area contributed by atoms with E-state index in [2.05, 4.69) is 21.0 Å². The number of nitrogen functional groups attached to an aromatic ring is 1.